The highest BCUT2D eigenvalue weighted by Gasteiger charge is 2.25. The van der Waals surface area contributed by atoms with Gasteiger partial charge in [0, 0.05) is 5.54 Å². The molecule has 0 aromatic heterocycles. The summed E-state index contributed by atoms with van der Waals surface area (Å²) in [6.45, 7) is 11.1. The van der Waals surface area contributed by atoms with E-state index in [1.807, 2.05) is 13.0 Å². The number of ether oxygens (including phenoxy) is 1. The second kappa shape index (κ2) is 4.88. The zero-order valence-electron chi connectivity index (χ0n) is 11.0. The van der Waals surface area contributed by atoms with Crippen LogP contribution in [0.3, 0.4) is 0 Å². The number of hydrogen-bond acceptors (Lipinski definition) is 2. The van der Waals surface area contributed by atoms with Gasteiger partial charge < -0.3 is 10.5 Å². The zero-order valence-corrected chi connectivity index (χ0v) is 11.0. The van der Waals surface area contributed by atoms with Crippen molar-refractivity contribution in [1.82, 2.24) is 0 Å². The molecule has 1 aromatic rings. The minimum atomic E-state index is -0.282. The van der Waals surface area contributed by atoms with Gasteiger partial charge in [-0.3, -0.25) is 0 Å². The molecule has 0 saturated carbocycles. The van der Waals surface area contributed by atoms with E-state index in [2.05, 4.69) is 39.8 Å². The molecule has 0 radical (unpaired) electrons. The lowest BCUT2D eigenvalue weighted by molar-refractivity contribution is 0.333. The molecule has 0 aliphatic rings. The Morgan fingerprint density at radius 3 is 2.44 bits per heavy atom. The van der Waals surface area contributed by atoms with Gasteiger partial charge in [0.2, 0.25) is 0 Å². The van der Waals surface area contributed by atoms with Gasteiger partial charge >= 0.3 is 0 Å². The van der Waals surface area contributed by atoms with E-state index in [4.69, 9.17) is 10.5 Å². The van der Waals surface area contributed by atoms with Gasteiger partial charge in [-0.15, -0.1) is 0 Å². The van der Waals surface area contributed by atoms with Crippen molar-refractivity contribution in [3.05, 3.63) is 29.3 Å². The van der Waals surface area contributed by atoms with E-state index < -0.39 is 0 Å². The first-order chi connectivity index (χ1) is 7.39. The fourth-order valence-electron chi connectivity index (χ4n) is 1.64. The SMILES string of the molecule is CCOc1ccc(C(C)(N)C(C)C)cc1C. The van der Waals surface area contributed by atoms with E-state index in [-0.39, 0.29) is 5.54 Å². The highest BCUT2D eigenvalue weighted by atomic mass is 16.5. The maximum Gasteiger partial charge on any atom is 0.122 e. The number of aryl methyl sites for hydroxylation is 1. The van der Waals surface area contributed by atoms with Crippen LogP contribution in [0.4, 0.5) is 0 Å². The molecular formula is C14H23NO. The average molecular weight is 221 g/mol. The first kappa shape index (κ1) is 13.0. The summed E-state index contributed by atoms with van der Waals surface area (Å²) in [5.74, 6) is 1.36. The average Bonchev–Trinajstić information content (AvgIpc) is 2.21. The van der Waals surface area contributed by atoms with Crippen LogP contribution in [-0.2, 0) is 5.54 Å². The lowest BCUT2D eigenvalue weighted by Crippen LogP contribution is -2.38. The van der Waals surface area contributed by atoms with Crippen molar-refractivity contribution in [2.75, 3.05) is 6.61 Å². The molecule has 1 atom stereocenters. The van der Waals surface area contributed by atoms with Crippen molar-refractivity contribution in [3.8, 4) is 5.75 Å². The van der Waals surface area contributed by atoms with Crippen LogP contribution < -0.4 is 10.5 Å². The van der Waals surface area contributed by atoms with Gasteiger partial charge in [0.05, 0.1) is 6.61 Å². The molecule has 2 heteroatoms. The number of benzene rings is 1. The third kappa shape index (κ3) is 2.56. The summed E-state index contributed by atoms with van der Waals surface area (Å²) in [5, 5.41) is 0. The Morgan fingerprint density at radius 2 is 2.00 bits per heavy atom. The molecule has 0 aliphatic heterocycles. The fourth-order valence-corrected chi connectivity index (χ4v) is 1.64. The fraction of sp³-hybridized carbons (Fsp3) is 0.571. The van der Waals surface area contributed by atoms with Crippen molar-refractivity contribution >= 4 is 0 Å². The molecule has 16 heavy (non-hydrogen) atoms. The molecule has 0 spiro atoms. The smallest absolute Gasteiger partial charge is 0.122 e. The minimum absolute atomic E-state index is 0.282. The molecule has 0 heterocycles. The zero-order chi connectivity index (χ0) is 12.3. The van der Waals surface area contributed by atoms with Crippen LogP contribution in [0.5, 0.6) is 5.75 Å². The quantitative estimate of drug-likeness (QED) is 0.847. The molecule has 1 rings (SSSR count). The van der Waals surface area contributed by atoms with E-state index in [9.17, 15) is 0 Å². The molecule has 2 nitrogen and oxygen atoms in total. The maximum atomic E-state index is 6.33. The topological polar surface area (TPSA) is 35.2 Å². The van der Waals surface area contributed by atoms with Crippen LogP contribution in [0.15, 0.2) is 18.2 Å². The molecule has 2 N–H and O–H groups in total. The van der Waals surface area contributed by atoms with Gasteiger partial charge in [0.25, 0.3) is 0 Å². The highest BCUT2D eigenvalue weighted by molar-refractivity contribution is 5.39. The first-order valence-corrected chi connectivity index (χ1v) is 5.92. The minimum Gasteiger partial charge on any atom is -0.494 e. The molecule has 0 saturated heterocycles. The molecule has 1 aromatic carbocycles. The van der Waals surface area contributed by atoms with Crippen LogP contribution in [-0.4, -0.2) is 6.61 Å². The van der Waals surface area contributed by atoms with Crippen molar-refractivity contribution in [2.45, 2.75) is 40.2 Å². The van der Waals surface area contributed by atoms with Crippen LogP contribution in [0.1, 0.15) is 38.8 Å². The summed E-state index contributed by atoms with van der Waals surface area (Å²) in [4.78, 5) is 0. The molecular weight excluding hydrogens is 198 g/mol. The van der Waals surface area contributed by atoms with E-state index in [1.54, 1.807) is 0 Å². The van der Waals surface area contributed by atoms with Crippen molar-refractivity contribution in [1.29, 1.82) is 0 Å². The van der Waals surface area contributed by atoms with E-state index in [0.29, 0.717) is 12.5 Å². The van der Waals surface area contributed by atoms with Gasteiger partial charge in [-0.05, 0) is 43.9 Å². The van der Waals surface area contributed by atoms with Crippen LogP contribution in [0, 0.1) is 12.8 Å². The molecule has 90 valence electrons. The Balaban J connectivity index is 3.05. The predicted molar refractivity (Wildman–Crippen MR) is 68.7 cm³/mol. The monoisotopic (exact) mass is 221 g/mol. The molecule has 0 aliphatic carbocycles. The molecule has 0 fully saturated rings. The third-order valence-corrected chi connectivity index (χ3v) is 3.30. The van der Waals surface area contributed by atoms with Crippen molar-refractivity contribution < 1.29 is 4.74 Å². The number of nitrogens with two attached hydrogens (primary N) is 1. The van der Waals surface area contributed by atoms with Gasteiger partial charge in [-0.25, -0.2) is 0 Å². The lowest BCUT2D eigenvalue weighted by atomic mass is 9.82. The Morgan fingerprint density at radius 1 is 1.38 bits per heavy atom. The Labute approximate surface area is 98.8 Å². The summed E-state index contributed by atoms with van der Waals surface area (Å²) in [6, 6.07) is 6.21. The van der Waals surface area contributed by atoms with Crippen molar-refractivity contribution in [2.24, 2.45) is 11.7 Å². The number of rotatable bonds is 4. The lowest BCUT2D eigenvalue weighted by Gasteiger charge is -2.30. The summed E-state index contributed by atoms with van der Waals surface area (Å²) < 4.78 is 5.52. The summed E-state index contributed by atoms with van der Waals surface area (Å²) in [6.07, 6.45) is 0. The summed E-state index contributed by atoms with van der Waals surface area (Å²) in [5.41, 5.74) is 8.37. The standard InChI is InChI=1S/C14H23NO/c1-6-16-13-8-7-12(9-11(13)4)14(5,15)10(2)3/h7-10H,6,15H2,1-5H3. The van der Waals surface area contributed by atoms with Crippen molar-refractivity contribution in [3.63, 3.8) is 0 Å². The van der Waals surface area contributed by atoms with Gasteiger partial charge in [-0.2, -0.15) is 0 Å². The summed E-state index contributed by atoms with van der Waals surface area (Å²) in [7, 11) is 0. The Bertz CT molecular complexity index is 356. The largest absolute Gasteiger partial charge is 0.494 e. The normalized spacial score (nSPS) is 14.9. The Hall–Kier alpha value is -1.02. The third-order valence-electron chi connectivity index (χ3n) is 3.30. The van der Waals surface area contributed by atoms with Crippen LogP contribution >= 0.6 is 0 Å². The van der Waals surface area contributed by atoms with Gasteiger partial charge in [0.15, 0.2) is 0 Å². The Kier molecular flexibility index (Phi) is 3.98. The summed E-state index contributed by atoms with van der Waals surface area (Å²) >= 11 is 0. The highest BCUT2D eigenvalue weighted by Crippen LogP contribution is 2.29. The van der Waals surface area contributed by atoms with Crippen LogP contribution in [0.25, 0.3) is 0 Å². The first-order valence-electron chi connectivity index (χ1n) is 5.92. The van der Waals surface area contributed by atoms with Gasteiger partial charge in [-0.1, -0.05) is 26.0 Å². The molecule has 1 unspecified atom stereocenters. The van der Waals surface area contributed by atoms with E-state index in [0.717, 1.165) is 11.3 Å². The second-order valence-electron chi connectivity index (χ2n) is 4.85. The number of hydrogen-bond donors (Lipinski definition) is 1. The van der Waals surface area contributed by atoms with E-state index in [1.165, 1.54) is 5.56 Å². The maximum absolute atomic E-state index is 6.33. The second-order valence-corrected chi connectivity index (χ2v) is 4.85. The van der Waals surface area contributed by atoms with Crippen LogP contribution in [0.2, 0.25) is 0 Å². The van der Waals surface area contributed by atoms with Gasteiger partial charge in [0.1, 0.15) is 5.75 Å². The molecule has 0 bridgehead atoms. The molecule has 0 amide bonds. The van der Waals surface area contributed by atoms with E-state index >= 15 is 0 Å². The predicted octanol–water partition coefficient (Wildman–Crippen LogP) is 3.22.